The Balaban J connectivity index is 1.17. The first-order valence-corrected chi connectivity index (χ1v) is 11.0. The molecule has 5 aliphatic rings. The van der Waals surface area contributed by atoms with Crippen molar-refractivity contribution in [3.05, 3.63) is 0 Å². The number of nitrogens with one attached hydrogen (secondary N) is 2. The summed E-state index contributed by atoms with van der Waals surface area (Å²) in [7, 11) is 0. The minimum absolute atomic E-state index is 0.0260. The summed E-state index contributed by atoms with van der Waals surface area (Å²) < 4.78 is 0. The summed E-state index contributed by atoms with van der Waals surface area (Å²) in [6.07, 6.45) is 9.25. The molecule has 7 heteroatoms. The smallest absolute Gasteiger partial charge is 0.315 e. The molecule has 3 amide bonds. The summed E-state index contributed by atoms with van der Waals surface area (Å²) in [5.41, 5.74) is 0.0404. The van der Waals surface area contributed by atoms with Crippen LogP contribution in [0.2, 0.25) is 0 Å². The molecule has 1 saturated heterocycles. The molecule has 3 N–H and O–H groups in total. The summed E-state index contributed by atoms with van der Waals surface area (Å²) in [5, 5.41) is 15.1. The quantitative estimate of drug-likeness (QED) is 0.647. The van der Waals surface area contributed by atoms with Gasteiger partial charge in [-0.1, -0.05) is 0 Å². The first kappa shape index (κ1) is 19.5. The van der Waals surface area contributed by atoms with Crippen LogP contribution in [0.15, 0.2) is 0 Å². The zero-order chi connectivity index (χ0) is 19.7. The van der Waals surface area contributed by atoms with Crippen LogP contribution in [0.5, 0.6) is 0 Å². The van der Waals surface area contributed by atoms with Crippen molar-refractivity contribution in [2.45, 2.75) is 69.7 Å². The molecule has 0 aromatic carbocycles. The van der Waals surface area contributed by atoms with E-state index in [4.69, 9.17) is 5.11 Å². The van der Waals surface area contributed by atoms with Gasteiger partial charge in [-0.25, -0.2) is 4.79 Å². The third-order valence-corrected chi connectivity index (χ3v) is 7.49. The van der Waals surface area contributed by atoms with Gasteiger partial charge in [-0.2, -0.15) is 0 Å². The lowest BCUT2D eigenvalue weighted by atomic mass is 9.53. The molecule has 0 atom stereocenters. The summed E-state index contributed by atoms with van der Waals surface area (Å²) in [6.45, 7) is 1.96. The first-order chi connectivity index (χ1) is 13.4. The van der Waals surface area contributed by atoms with Gasteiger partial charge >= 0.3 is 12.0 Å². The van der Waals surface area contributed by atoms with Crippen LogP contribution in [0.3, 0.4) is 0 Å². The van der Waals surface area contributed by atoms with E-state index in [-0.39, 0.29) is 30.3 Å². The van der Waals surface area contributed by atoms with Gasteiger partial charge in [-0.15, -0.1) is 0 Å². The van der Waals surface area contributed by atoms with Gasteiger partial charge in [0.1, 0.15) is 0 Å². The standard InChI is InChI=1S/C21H33N3O4/c25-18(1-2-19(26)27)24-5-3-14(4-6-24)13-22-20(28)23-21-10-15-7-16(11-21)9-17(8-15)12-21/h14-17H,1-13H2,(H,26,27)(H2,22,23,28). The maximum absolute atomic E-state index is 12.5. The van der Waals surface area contributed by atoms with Crippen LogP contribution in [-0.4, -0.2) is 53.1 Å². The molecule has 1 aliphatic heterocycles. The fourth-order valence-corrected chi connectivity index (χ4v) is 6.54. The van der Waals surface area contributed by atoms with Gasteiger partial charge in [0.05, 0.1) is 6.42 Å². The number of carbonyl (C=O) groups excluding carboxylic acids is 2. The second-order valence-corrected chi connectivity index (χ2v) is 9.75. The van der Waals surface area contributed by atoms with Crippen LogP contribution in [0.4, 0.5) is 4.79 Å². The molecule has 4 saturated carbocycles. The Labute approximate surface area is 166 Å². The molecule has 4 bridgehead atoms. The Morgan fingerprint density at radius 3 is 2.04 bits per heavy atom. The average molecular weight is 392 g/mol. The van der Waals surface area contributed by atoms with Crippen molar-refractivity contribution in [2.75, 3.05) is 19.6 Å². The molecule has 5 rings (SSSR count). The number of carbonyl (C=O) groups is 3. The highest BCUT2D eigenvalue weighted by Crippen LogP contribution is 2.55. The number of aliphatic carboxylic acids is 1. The number of piperidine rings is 1. The maximum Gasteiger partial charge on any atom is 0.315 e. The Morgan fingerprint density at radius 2 is 1.50 bits per heavy atom. The topological polar surface area (TPSA) is 98.7 Å². The van der Waals surface area contributed by atoms with Crippen molar-refractivity contribution in [1.29, 1.82) is 0 Å². The van der Waals surface area contributed by atoms with Crippen molar-refractivity contribution in [3.8, 4) is 0 Å². The van der Waals surface area contributed by atoms with Crippen LogP contribution in [0, 0.1) is 23.7 Å². The van der Waals surface area contributed by atoms with Crippen molar-refractivity contribution in [1.82, 2.24) is 15.5 Å². The highest BCUT2D eigenvalue weighted by Gasteiger charge is 2.51. The molecule has 5 fully saturated rings. The lowest BCUT2D eigenvalue weighted by molar-refractivity contribution is -0.141. The average Bonchev–Trinajstić information content (AvgIpc) is 2.63. The Bertz CT molecular complexity index is 592. The lowest BCUT2D eigenvalue weighted by Crippen LogP contribution is -2.61. The Kier molecular flexibility index (Phi) is 5.52. The van der Waals surface area contributed by atoms with Gasteiger partial charge in [0.15, 0.2) is 0 Å². The predicted octanol–water partition coefficient (Wildman–Crippen LogP) is 2.36. The van der Waals surface area contributed by atoms with E-state index in [1.807, 2.05) is 0 Å². The summed E-state index contributed by atoms with van der Waals surface area (Å²) in [4.78, 5) is 36.9. The highest BCUT2D eigenvalue weighted by molar-refractivity contribution is 5.80. The van der Waals surface area contributed by atoms with Gasteiger partial charge in [0.2, 0.25) is 5.91 Å². The molecule has 0 spiro atoms. The maximum atomic E-state index is 12.5. The van der Waals surface area contributed by atoms with Gasteiger partial charge < -0.3 is 20.6 Å². The molecule has 0 unspecified atom stereocenters. The molecule has 0 aromatic heterocycles. The summed E-state index contributed by atoms with van der Waals surface area (Å²) >= 11 is 0. The van der Waals surface area contributed by atoms with Gasteiger partial charge in [-0.05, 0) is 75.0 Å². The van der Waals surface area contributed by atoms with E-state index in [9.17, 15) is 14.4 Å². The van der Waals surface area contributed by atoms with Crippen molar-refractivity contribution < 1.29 is 19.5 Å². The predicted molar refractivity (Wildman–Crippen MR) is 104 cm³/mol. The van der Waals surface area contributed by atoms with E-state index in [0.717, 1.165) is 49.9 Å². The molecule has 156 valence electrons. The van der Waals surface area contributed by atoms with Crippen molar-refractivity contribution in [2.24, 2.45) is 23.7 Å². The molecule has 1 heterocycles. The first-order valence-electron chi connectivity index (χ1n) is 11.0. The SMILES string of the molecule is O=C(O)CCC(=O)N1CCC(CNC(=O)NC23CC4CC(CC(C4)C2)C3)CC1. The largest absolute Gasteiger partial charge is 0.481 e. The second kappa shape index (κ2) is 7.91. The van der Waals surface area contributed by atoms with E-state index in [1.165, 1.54) is 19.3 Å². The number of nitrogens with zero attached hydrogens (tertiary/aromatic N) is 1. The molecular weight excluding hydrogens is 358 g/mol. The lowest BCUT2D eigenvalue weighted by Gasteiger charge is -2.56. The van der Waals surface area contributed by atoms with Crippen LogP contribution in [-0.2, 0) is 9.59 Å². The third-order valence-electron chi connectivity index (χ3n) is 7.49. The number of carboxylic acid groups (broad SMARTS) is 1. The minimum Gasteiger partial charge on any atom is -0.481 e. The number of hydrogen-bond acceptors (Lipinski definition) is 3. The van der Waals surface area contributed by atoms with Gasteiger partial charge in [0, 0.05) is 31.6 Å². The van der Waals surface area contributed by atoms with Crippen molar-refractivity contribution >= 4 is 17.9 Å². The zero-order valence-corrected chi connectivity index (χ0v) is 16.6. The number of rotatable bonds is 6. The van der Waals surface area contributed by atoms with Crippen LogP contribution in [0.1, 0.15) is 64.2 Å². The Hall–Kier alpha value is -1.79. The van der Waals surface area contributed by atoms with Crippen LogP contribution in [0.25, 0.3) is 0 Å². The van der Waals surface area contributed by atoms with Crippen LogP contribution < -0.4 is 10.6 Å². The number of urea groups is 1. The van der Waals surface area contributed by atoms with E-state index in [0.29, 0.717) is 25.6 Å². The summed E-state index contributed by atoms with van der Waals surface area (Å²) in [5.74, 6) is 1.81. The number of hydrogen-bond donors (Lipinski definition) is 3. The Morgan fingerprint density at radius 1 is 0.929 bits per heavy atom. The van der Waals surface area contributed by atoms with Crippen LogP contribution >= 0.6 is 0 Å². The fraction of sp³-hybridized carbons (Fsp3) is 0.857. The number of carboxylic acids is 1. The van der Waals surface area contributed by atoms with E-state index in [1.54, 1.807) is 4.90 Å². The third kappa shape index (κ3) is 4.44. The zero-order valence-electron chi connectivity index (χ0n) is 16.6. The van der Waals surface area contributed by atoms with Gasteiger partial charge in [-0.3, -0.25) is 9.59 Å². The molecule has 4 aliphatic carbocycles. The molecule has 28 heavy (non-hydrogen) atoms. The summed E-state index contributed by atoms with van der Waals surface area (Å²) in [6, 6.07) is -0.0260. The fourth-order valence-electron chi connectivity index (χ4n) is 6.54. The molecule has 0 radical (unpaired) electrons. The molecule has 7 nitrogen and oxygen atoms in total. The normalized spacial score (nSPS) is 34.3. The minimum atomic E-state index is -0.933. The second-order valence-electron chi connectivity index (χ2n) is 9.75. The van der Waals surface area contributed by atoms with Crippen molar-refractivity contribution in [3.63, 3.8) is 0 Å². The van der Waals surface area contributed by atoms with E-state index < -0.39 is 5.97 Å². The van der Waals surface area contributed by atoms with Gasteiger partial charge in [0.25, 0.3) is 0 Å². The number of amides is 3. The van der Waals surface area contributed by atoms with E-state index >= 15 is 0 Å². The molecular formula is C21H33N3O4. The highest BCUT2D eigenvalue weighted by atomic mass is 16.4. The number of likely N-dealkylation sites (tertiary alicyclic amines) is 1. The van der Waals surface area contributed by atoms with E-state index in [2.05, 4.69) is 10.6 Å². The molecule has 0 aromatic rings. The monoisotopic (exact) mass is 391 g/mol.